The van der Waals surface area contributed by atoms with Crippen molar-refractivity contribution in [3.8, 4) is 0 Å². The van der Waals surface area contributed by atoms with Crippen molar-refractivity contribution in [2.75, 3.05) is 11.9 Å². The van der Waals surface area contributed by atoms with E-state index in [2.05, 4.69) is 44.0 Å². The van der Waals surface area contributed by atoms with Crippen LogP contribution in [0.25, 0.3) is 10.8 Å². The van der Waals surface area contributed by atoms with Gasteiger partial charge in [-0.15, -0.1) is 11.3 Å². The van der Waals surface area contributed by atoms with Crippen LogP contribution in [-0.4, -0.2) is 13.0 Å². The van der Waals surface area contributed by atoms with E-state index in [9.17, 15) is 4.79 Å². The molecule has 0 N–H and O–H groups in total. The summed E-state index contributed by atoms with van der Waals surface area (Å²) >= 11 is 8.28. The third-order valence-corrected chi connectivity index (χ3v) is 6.53. The van der Waals surface area contributed by atoms with Gasteiger partial charge in [0.15, 0.2) is 0 Å². The molecule has 0 saturated heterocycles. The number of carbonyl (C=O) groups excluding carboxylic acids is 1. The largest absolute Gasteiger partial charge is 0.310 e. The number of rotatable bonds is 2. The number of nitrogens with zero attached hydrogens (tertiary/aromatic N) is 1. The minimum Gasteiger partial charge on any atom is -0.310 e. The number of hydrogen-bond donors (Lipinski definition) is 0. The Labute approximate surface area is 143 Å². The smallest absolute Gasteiger partial charge is 0.268 e. The number of carbonyl (C=O) groups is 1. The van der Waals surface area contributed by atoms with Gasteiger partial charge >= 0.3 is 0 Å². The van der Waals surface area contributed by atoms with Crippen LogP contribution in [0.4, 0.5) is 5.69 Å². The molecule has 0 aliphatic heterocycles. The number of amides is 1. The Balaban J connectivity index is 2.04. The van der Waals surface area contributed by atoms with Crippen molar-refractivity contribution in [3.05, 3.63) is 61.7 Å². The van der Waals surface area contributed by atoms with Crippen LogP contribution in [0.1, 0.15) is 9.67 Å². The monoisotopic (exact) mass is 423 g/mol. The van der Waals surface area contributed by atoms with Gasteiger partial charge in [-0.2, -0.15) is 0 Å². The minimum absolute atomic E-state index is 0.0113. The van der Waals surface area contributed by atoms with Crippen molar-refractivity contribution >= 4 is 65.6 Å². The third-order valence-electron chi connectivity index (χ3n) is 3.29. The van der Waals surface area contributed by atoms with Gasteiger partial charge in [0.1, 0.15) is 0 Å². The summed E-state index contributed by atoms with van der Waals surface area (Å²) in [6.07, 6.45) is 0. The SMILES string of the molecule is CN(C(=O)c1cc(Br)c(Br)s1)c1cccc2ccccc12. The minimum atomic E-state index is -0.0113. The van der Waals surface area contributed by atoms with E-state index in [1.807, 2.05) is 43.4 Å². The van der Waals surface area contributed by atoms with Gasteiger partial charge in [0, 0.05) is 16.9 Å². The van der Waals surface area contributed by atoms with Crippen LogP contribution in [-0.2, 0) is 0 Å². The Morgan fingerprint density at radius 3 is 2.52 bits per heavy atom. The van der Waals surface area contributed by atoms with Gasteiger partial charge in [0.2, 0.25) is 0 Å². The van der Waals surface area contributed by atoms with Crippen molar-refractivity contribution in [3.63, 3.8) is 0 Å². The second-order valence-electron chi connectivity index (χ2n) is 4.59. The van der Waals surface area contributed by atoms with Crippen LogP contribution < -0.4 is 4.90 Å². The molecule has 1 heterocycles. The van der Waals surface area contributed by atoms with Gasteiger partial charge in [0.25, 0.3) is 5.91 Å². The molecule has 1 aromatic heterocycles. The number of anilines is 1. The summed E-state index contributed by atoms with van der Waals surface area (Å²) in [7, 11) is 1.81. The molecule has 0 unspecified atom stereocenters. The molecule has 0 spiro atoms. The maximum Gasteiger partial charge on any atom is 0.268 e. The van der Waals surface area contributed by atoms with Crippen LogP contribution >= 0.6 is 43.2 Å². The Bertz CT molecular complexity index is 803. The fourth-order valence-electron chi connectivity index (χ4n) is 2.23. The number of benzene rings is 2. The van der Waals surface area contributed by atoms with Crippen molar-refractivity contribution in [2.24, 2.45) is 0 Å². The fourth-order valence-corrected chi connectivity index (χ4v) is 4.24. The highest BCUT2D eigenvalue weighted by Crippen LogP contribution is 2.34. The summed E-state index contributed by atoms with van der Waals surface area (Å²) in [5.41, 5.74) is 0.916. The van der Waals surface area contributed by atoms with Crippen molar-refractivity contribution in [1.29, 1.82) is 0 Å². The quantitative estimate of drug-likeness (QED) is 0.516. The first-order chi connectivity index (χ1) is 10.1. The molecule has 2 aromatic carbocycles. The zero-order valence-electron chi connectivity index (χ0n) is 11.1. The zero-order chi connectivity index (χ0) is 15.0. The molecular weight excluding hydrogens is 414 g/mol. The fraction of sp³-hybridized carbons (Fsp3) is 0.0625. The van der Waals surface area contributed by atoms with Crippen LogP contribution in [0, 0.1) is 0 Å². The summed E-state index contributed by atoms with van der Waals surface area (Å²) in [4.78, 5) is 15.0. The first kappa shape index (κ1) is 14.8. The Kier molecular flexibility index (Phi) is 4.15. The van der Waals surface area contributed by atoms with Crippen LogP contribution in [0.5, 0.6) is 0 Å². The second kappa shape index (κ2) is 5.91. The highest BCUT2D eigenvalue weighted by Gasteiger charge is 2.18. The van der Waals surface area contributed by atoms with E-state index >= 15 is 0 Å². The average Bonchev–Trinajstić information content (AvgIpc) is 2.84. The highest BCUT2D eigenvalue weighted by molar-refractivity contribution is 9.13. The van der Waals surface area contributed by atoms with Gasteiger partial charge in [-0.25, -0.2) is 0 Å². The van der Waals surface area contributed by atoms with E-state index in [1.54, 1.807) is 4.90 Å². The molecule has 106 valence electrons. The number of fused-ring (bicyclic) bond motifs is 1. The topological polar surface area (TPSA) is 20.3 Å². The predicted octanol–water partition coefficient (Wildman–Crippen LogP) is 5.70. The molecule has 0 fully saturated rings. The molecule has 0 aliphatic rings. The summed E-state index contributed by atoms with van der Waals surface area (Å²) in [6, 6.07) is 15.9. The summed E-state index contributed by atoms with van der Waals surface area (Å²) < 4.78 is 1.83. The van der Waals surface area contributed by atoms with Crippen molar-refractivity contribution in [1.82, 2.24) is 0 Å². The molecule has 3 rings (SSSR count). The lowest BCUT2D eigenvalue weighted by Gasteiger charge is -2.18. The lowest BCUT2D eigenvalue weighted by molar-refractivity contribution is 0.0997. The first-order valence-electron chi connectivity index (χ1n) is 6.28. The summed E-state index contributed by atoms with van der Waals surface area (Å²) in [6.45, 7) is 0. The molecule has 0 saturated carbocycles. The molecule has 3 aromatic rings. The average molecular weight is 425 g/mol. The van der Waals surface area contributed by atoms with E-state index < -0.39 is 0 Å². The van der Waals surface area contributed by atoms with Crippen LogP contribution in [0.15, 0.2) is 56.8 Å². The molecule has 0 bridgehead atoms. The number of halogens is 2. The Hall–Kier alpha value is -1.17. The lowest BCUT2D eigenvalue weighted by atomic mass is 10.1. The standard InChI is InChI=1S/C16H11Br2NOS/c1-19(16(20)14-9-12(17)15(18)21-14)13-8-4-6-10-5-2-3-7-11(10)13/h2-9H,1H3. The molecule has 0 radical (unpaired) electrons. The van der Waals surface area contributed by atoms with Gasteiger partial charge in [-0.05, 0) is 49.4 Å². The third kappa shape index (κ3) is 2.78. The van der Waals surface area contributed by atoms with Crippen LogP contribution in [0.2, 0.25) is 0 Å². The summed E-state index contributed by atoms with van der Waals surface area (Å²) in [5, 5.41) is 2.20. The lowest BCUT2D eigenvalue weighted by Crippen LogP contribution is -2.25. The zero-order valence-corrected chi connectivity index (χ0v) is 15.1. The van der Waals surface area contributed by atoms with Gasteiger partial charge in [0.05, 0.1) is 14.4 Å². The second-order valence-corrected chi connectivity index (χ2v) is 7.82. The van der Waals surface area contributed by atoms with Gasteiger partial charge < -0.3 is 4.90 Å². The molecule has 0 aliphatic carbocycles. The molecule has 2 nitrogen and oxygen atoms in total. The maximum atomic E-state index is 12.6. The first-order valence-corrected chi connectivity index (χ1v) is 8.69. The molecule has 0 atom stereocenters. The van der Waals surface area contributed by atoms with Gasteiger partial charge in [-0.1, -0.05) is 36.4 Å². The van der Waals surface area contributed by atoms with E-state index in [0.29, 0.717) is 4.88 Å². The van der Waals surface area contributed by atoms with E-state index in [1.165, 1.54) is 11.3 Å². The van der Waals surface area contributed by atoms with Gasteiger partial charge in [-0.3, -0.25) is 4.79 Å². The van der Waals surface area contributed by atoms with Crippen molar-refractivity contribution in [2.45, 2.75) is 0 Å². The molecule has 5 heteroatoms. The van der Waals surface area contributed by atoms with E-state index in [-0.39, 0.29) is 5.91 Å². The normalized spacial score (nSPS) is 10.8. The maximum absolute atomic E-state index is 12.6. The molecule has 21 heavy (non-hydrogen) atoms. The van der Waals surface area contributed by atoms with Crippen LogP contribution in [0.3, 0.4) is 0 Å². The van der Waals surface area contributed by atoms with Crippen molar-refractivity contribution < 1.29 is 4.79 Å². The Morgan fingerprint density at radius 1 is 1.10 bits per heavy atom. The molecular formula is C16H11Br2NOS. The number of hydrogen-bond acceptors (Lipinski definition) is 2. The molecule has 1 amide bonds. The van der Waals surface area contributed by atoms with E-state index in [4.69, 9.17) is 0 Å². The predicted molar refractivity (Wildman–Crippen MR) is 96.4 cm³/mol. The number of thiophene rings is 1. The highest BCUT2D eigenvalue weighted by atomic mass is 79.9. The summed E-state index contributed by atoms with van der Waals surface area (Å²) in [5.74, 6) is -0.0113. The Morgan fingerprint density at radius 2 is 1.81 bits per heavy atom. The van der Waals surface area contributed by atoms with E-state index in [0.717, 1.165) is 24.7 Å².